The predicted molar refractivity (Wildman–Crippen MR) is 73.1 cm³/mol. The normalized spacial score (nSPS) is 12.5. The number of benzene rings is 1. The first-order valence-electron chi connectivity index (χ1n) is 5.24. The van der Waals surface area contributed by atoms with Gasteiger partial charge in [0, 0.05) is 6.08 Å². The van der Waals surface area contributed by atoms with Gasteiger partial charge in [-0.3, -0.25) is 0 Å². The average Bonchev–Trinajstić information content (AvgIpc) is 2.41. The molecule has 0 aliphatic rings. The van der Waals surface area contributed by atoms with Crippen molar-refractivity contribution < 1.29 is 35.3 Å². The number of ether oxygens (including phenoxy) is 1. The molecule has 0 atom stereocenters. The van der Waals surface area contributed by atoms with Crippen LogP contribution in [-0.4, -0.2) is 27.0 Å². The molecule has 1 rings (SSSR count). The van der Waals surface area contributed by atoms with Gasteiger partial charge in [0.2, 0.25) is 0 Å². The summed E-state index contributed by atoms with van der Waals surface area (Å²) in [6.07, 6.45) is 2.17. The molecule has 0 heterocycles. The largest absolute Gasteiger partial charge is 0.534 e. The fourth-order valence-electron chi connectivity index (χ4n) is 1.13. The highest BCUT2D eigenvalue weighted by molar-refractivity contribution is 7.88. The Morgan fingerprint density at radius 3 is 2.32 bits per heavy atom. The third-order valence-corrected chi connectivity index (χ3v) is 4.00. The SMILES string of the molecule is COC(=O)/C=C/c1ccc(OS(=O)(=O)C(F)(F)F)c(Cl)c1Cl. The number of halogens is 5. The van der Waals surface area contributed by atoms with Crippen LogP contribution in [0.1, 0.15) is 5.56 Å². The second-order valence-corrected chi connectivity index (χ2v) is 5.91. The van der Waals surface area contributed by atoms with Gasteiger partial charge in [-0.1, -0.05) is 23.2 Å². The maximum atomic E-state index is 12.2. The van der Waals surface area contributed by atoms with E-state index in [-0.39, 0.29) is 10.6 Å². The molecule has 0 saturated heterocycles. The fourth-order valence-corrected chi connectivity index (χ4v) is 2.08. The minimum atomic E-state index is -5.87. The van der Waals surface area contributed by atoms with Gasteiger partial charge in [-0.25, -0.2) is 4.79 Å². The van der Waals surface area contributed by atoms with E-state index >= 15 is 0 Å². The van der Waals surface area contributed by atoms with E-state index in [0.29, 0.717) is 0 Å². The third-order valence-electron chi connectivity index (χ3n) is 2.16. The molecule has 0 spiro atoms. The number of carbonyl (C=O) groups is 1. The Labute approximate surface area is 133 Å². The van der Waals surface area contributed by atoms with Gasteiger partial charge >= 0.3 is 21.6 Å². The molecular weight excluding hydrogens is 372 g/mol. The highest BCUT2D eigenvalue weighted by Crippen LogP contribution is 2.37. The van der Waals surface area contributed by atoms with Gasteiger partial charge in [-0.05, 0) is 23.8 Å². The lowest BCUT2D eigenvalue weighted by atomic mass is 10.2. The van der Waals surface area contributed by atoms with Crippen LogP contribution in [0.25, 0.3) is 6.08 Å². The van der Waals surface area contributed by atoms with Crippen LogP contribution in [-0.2, 0) is 19.6 Å². The number of hydrogen-bond donors (Lipinski definition) is 0. The van der Waals surface area contributed by atoms with Crippen LogP contribution in [0.15, 0.2) is 18.2 Å². The number of methoxy groups -OCH3 is 1. The van der Waals surface area contributed by atoms with Gasteiger partial charge in [-0.15, -0.1) is 0 Å². The van der Waals surface area contributed by atoms with Crippen LogP contribution in [0, 0.1) is 0 Å². The molecule has 0 unspecified atom stereocenters. The van der Waals surface area contributed by atoms with Gasteiger partial charge in [0.15, 0.2) is 5.75 Å². The van der Waals surface area contributed by atoms with Gasteiger partial charge < -0.3 is 8.92 Å². The van der Waals surface area contributed by atoms with Crippen molar-refractivity contribution in [2.45, 2.75) is 5.51 Å². The maximum Gasteiger partial charge on any atom is 0.534 e. The Morgan fingerprint density at radius 1 is 1.23 bits per heavy atom. The number of hydrogen-bond acceptors (Lipinski definition) is 5. The average molecular weight is 379 g/mol. The summed E-state index contributed by atoms with van der Waals surface area (Å²) in [4.78, 5) is 10.9. The smallest absolute Gasteiger partial charge is 0.466 e. The molecule has 0 radical (unpaired) electrons. The Balaban J connectivity index is 3.16. The Bertz CT molecular complexity index is 713. The topological polar surface area (TPSA) is 69.7 Å². The Kier molecular flexibility index (Phi) is 5.71. The van der Waals surface area contributed by atoms with Crippen LogP contribution < -0.4 is 4.18 Å². The highest BCUT2D eigenvalue weighted by atomic mass is 35.5. The lowest BCUT2D eigenvalue weighted by molar-refractivity contribution is -0.134. The van der Waals surface area contributed by atoms with Gasteiger partial charge in [0.25, 0.3) is 0 Å². The number of carbonyl (C=O) groups excluding carboxylic acids is 1. The van der Waals surface area contributed by atoms with Crippen molar-refractivity contribution in [1.29, 1.82) is 0 Å². The summed E-state index contributed by atoms with van der Waals surface area (Å²) in [6, 6.07) is 1.99. The summed E-state index contributed by atoms with van der Waals surface area (Å²) < 4.78 is 66.7. The first-order chi connectivity index (χ1) is 9.99. The van der Waals surface area contributed by atoms with Crippen molar-refractivity contribution in [3.8, 4) is 5.75 Å². The monoisotopic (exact) mass is 378 g/mol. The fraction of sp³-hybridized carbons (Fsp3) is 0.182. The molecule has 22 heavy (non-hydrogen) atoms. The van der Waals surface area contributed by atoms with Crippen LogP contribution in [0.2, 0.25) is 10.0 Å². The zero-order chi connectivity index (χ0) is 17.1. The van der Waals surface area contributed by atoms with E-state index in [2.05, 4.69) is 8.92 Å². The molecule has 5 nitrogen and oxygen atoms in total. The zero-order valence-corrected chi connectivity index (χ0v) is 13.0. The summed E-state index contributed by atoms with van der Waals surface area (Å²) >= 11 is 11.4. The first kappa shape index (κ1) is 18.6. The molecule has 0 bridgehead atoms. The second kappa shape index (κ2) is 6.76. The number of alkyl halides is 3. The van der Waals surface area contributed by atoms with Crippen molar-refractivity contribution in [3.05, 3.63) is 33.8 Å². The summed E-state index contributed by atoms with van der Waals surface area (Å²) in [7, 11) is -4.73. The van der Waals surface area contributed by atoms with Crippen molar-refractivity contribution in [1.82, 2.24) is 0 Å². The van der Waals surface area contributed by atoms with Gasteiger partial charge in [0.1, 0.15) is 5.02 Å². The number of esters is 1. The first-order valence-corrected chi connectivity index (χ1v) is 7.41. The quantitative estimate of drug-likeness (QED) is 0.347. The number of rotatable bonds is 4. The van der Waals surface area contributed by atoms with Gasteiger partial charge in [-0.2, -0.15) is 21.6 Å². The molecule has 122 valence electrons. The van der Waals surface area contributed by atoms with E-state index in [9.17, 15) is 26.4 Å². The van der Waals surface area contributed by atoms with E-state index in [1.807, 2.05) is 0 Å². The summed E-state index contributed by atoms with van der Waals surface area (Å²) in [5, 5.41) is -0.849. The molecule has 0 aliphatic heterocycles. The molecule has 0 saturated carbocycles. The predicted octanol–water partition coefficient (Wildman–Crippen LogP) is 3.41. The van der Waals surface area contributed by atoms with E-state index in [1.165, 1.54) is 6.08 Å². The van der Waals surface area contributed by atoms with E-state index in [0.717, 1.165) is 25.3 Å². The minimum absolute atomic E-state index is 0.147. The van der Waals surface area contributed by atoms with E-state index in [1.54, 1.807) is 0 Å². The molecule has 0 N–H and O–H groups in total. The van der Waals surface area contributed by atoms with Crippen molar-refractivity contribution >= 4 is 45.4 Å². The van der Waals surface area contributed by atoms with Crippen molar-refractivity contribution in [3.63, 3.8) is 0 Å². The van der Waals surface area contributed by atoms with Crippen LogP contribution in [0.3, 0.4) is 0 Å². The second-order valence-electron chi connectivity index (χ2n) is 3.62. The summed E-state index contributed by atoms with van der Waals surface area (Å²) in [5.74, 6) is -1.49. The molecule has 0 aliphatic carbocycles. The van der Waals surface area contributed by atoms with Crippen molar-refractivity contribution in [2.24, 2.45) is 0 Å². The molecule has 0 aromatic heterocycles. The van der Waals surface area contributed by atoms with E-state index < -0.39 is 32.4 Å². The van der Waals surface area contributed by atoms with Gasteiger partial charge in [0.05, 0.1) is 12.1 Å². The molecule has 0 amide bonds. The van der Waals surface area contributed by atoms with E-state index in [4.69, 9.17) is 23.2 Å². The minimum Gasteiger partial charge on any atom is -0.466 e. The Morgan fingerprint density at radius 2 is 1.82 bits per heavy atom. The van der Waals surface area contributed by atoms with Crippen molar-refractivity contribution in [2.75, 3.05) is 7.11 Å². The zero-order valence-electron chi connectivity index (χ0n) is 10.6. The van der Waals surface area contributed by atoms with Crippen LogP contribution in [0.5, 0.6) is 5.75 Å². The molecule has 0 fully saturated rings. The lowest BCUT2D eigenvalue weighted by Gasteiger charge is -2.12. The summed E-state index contributed by atoms with van der Waals surface area (Å²) in [6.45, 7) is 0. The van der Waals surface area contributed by atoms with Crippen LogP contribution in [0.4, 0.5) is 13.2 Å². The lowest BCUT2D eigenvalue weighted by Crippen LogP contribution is -2.28. The molecular formula is C11H7Cl2F3O5S. The highest BCUT2D eigenvalue weighted by Gasteiger charge is 2.48. The molecule has 11 heteroatoms. The standard InChI is InChI=1S/C11H7Cl2F3O5S/c1-20-8(17)5-3-6-2-4-7(10(13)9(6)12)21-22(18,19)11(14,15)16/h2-5H,1H3/b5-3+. The molecule has 1 aromatic rings. The third kappa shape index (κ3) is 4.28. The molecule has 1 aromatic carbocycles. The summed E-state index contributed by atoms with van der Waals surface area (Å²) in [5.41, 5.74) is -5.46. The van der Waals surface area contributed by atoms with Crippen LogP contribution >= 0.6 is 23.2 Å². The Hall–Kier alpha value is -1.45. The maximum absolute atomic E-state index is 12.2.